The van der Waals surface area contributed by atoms with E-state index in [0.29, 0.717) is 25.9 Å². The fourth-order valence-electron chi connectivity index (χ4n) is 3.30. The third-order valence-corrected chi connectivity index (χ3v) is 5.62. The number of halogens is 3. The minimum absolute atomic E-state index is 0.334. The van der Waals surface area contributed by atoms with Crippen molar-refractivity contribution < 1.29 is 42.7 Å². The lowest BCUT2D eigenvalue weighted by Gasteiger charge is -2.04. The van der Waals surface area contributed by atoms with E-state index < -0.39 is 18.5 Å². The van der Waals surface area contributed by atoms with Crippen LogP contribution in [0.4, 0.5) is 13.2 Å². The van der Waals surface area contributed by atoms with Gasteiger partial charge in [-0.1, -0.05) is 64.4 Å². The van der Waals surface area contributed by atoms with E-state index in [-0.39, 0.29) is 19.8 Å². The van der Waals surface area contributed by atoms with Crippen LogP contribution >= 0.6 is 0 Å². The molecule has 3 atom stereocenters. The maximum Gasteiger partial charge on any atom is 0.123 e. The Morgan fingerprint density at radius 3 is 1.32 bits per heavy atom. The van der Waals surface area contributed by atoms with Crippen LogP contribution in [0.1, 0.15) is 103 Å². The van der Waals surface area contributed by atoms with Crippen LogP contribution in [0.5, 0.6) is 0 Å². The molecule has 0 aromatic heterocycles. The molecule has 0 aromatic carbocycles. The minimum atomic E-state index is -1.04. The molecule has 0 saturated carbocycles. The van der Waals surface area contributed by atoms with Gasteiger partial charge in [0.15, 0.2) is 0 Å². The predicted octanol–water partition coefficient (Wildman–Crippen LogP) is 6.64. The first-order chi connectivity index (χ1) is 18.4. The van der Waals surface area contributed by atoms with E-state index in [0.717, 1.165) is 96.9 Å². The smallest absolute Gasteiger partial charge is 0.123 e. The Kier molecular flexibility index (Phi) is 41.9. The van der Waals surface area contributed by atoms with Crippen molar-refractivity contribution >= 4 is 0 Å². The summed E-state index contributed by atoms with van der Waals surface area (Å²) in [5.74, 6) is 0. The van der Waals surface area contributed by atoms with Gasteiger partial charge in [0, 0.05) is 26.9 Å². The van der Waals surface area contributed by atoms with Gasteiger partial charge in [0.25, 0.3) is 0 Å². The van der Waals surface area contributed by atoms with Crippen LogP contribution in [0.15, 0.2) is 12.8 Å². The lowest BCUT2D eigenvalue weighted by Crippen LogP contribution is -2.05. The van der Waals surface area contributed by atoms with Gasteiger partial charge < -0.3 is 29.5 Å². The maximum atomic E-state index is 12.5. The van der Waals surface area contributed by atoms with Crippen molar-refractivity contribution in [3.05, 3.63) is 12.8 Å². The molecule has 0 aliphatic rings. The Hall–Kier alpha value is -0.870. The summed E-state index contributed by atoms with van der Waals surface area (Å²) in [7, 11) is 1.68. The normalized spacial score (nSPS) is 12.9. The molecule has 3 N–H and O–H groups in total. The molecular formula is C29H59F3O6. The van der Waals surface area contributed by atoms with Crippen LogP contribution in [-0.4, -0.2) is 87.2 Å². The molecule has 0 saturated heterocycles. The second-order valence-corrected chi connectivity index (χ2v) is 9.18. The monoisotopic (exact) mass is 560 g/mol. The zero-order valence-corrected chi connectivity index (χ0v) is 24.3. The van der Waals surface area contributed by atoms with Crippen LogP contribution in [0.25, 0.3) is 0 Å². The number of rotatable bonds is 26. The first-order valence-corrected chi connectivity index (χ1v) is 14.5. The zero-order chi connectivity index (χ0) is 29.1. The van der Waals surface area contributed by atoms with Crippen LogP contribution in [0, 0.1) is 0 Å². The number of hydrogen-bond acceptors (Lipinski definition) is 6. The average Bonchev–Trinajstić information content (AvgIpc) is 2.94. The molecule has 232 valence electrons. The van der Waals surface area contributed by atoms with Gasteiger partial charge in [-0.3, -0.25) is 0 Å². The van der Waals surface area contributed by atoms with E-state index in [1.165, 1.54) is 6.26 Å². The molecule has 3 unspecified atom stereocenters. The maximum absolute atomic E-state index is 12.5. The zero-order valence-electron chi connectivity index (χ0n) is 24.3. The third-order valence-electron chi connectivity index (χ3n) is 5.62. The summed E-state index contributed by atoms with van der Waals surface area (Å²) >= 11 is 0. The topological polar surface area (TPSA) is 88.4 Å². The second kappa shape index (κ2) is 38.3. The molecule has 0 aliphatic heterocycles. The molecule has 0 radical (unpaired) electrons. The number of ether oxygens (including phenoxy) is 3. The lowest BCUT2D eigenvalue weighted by atomic mass is 10.1. The Morgan fingerprint density at radius 2 is 0.974 bits per heavy atom. The van der Waals surface area contributed by atoms with Gasteiger partial charge in [-0.2, -0.15) is 0 Å². The summed E-state index contributed by atoms with van der Waals surface area (Å²) < 4.78 is 52.4. The van der Waals surface area contributed by atoms with Gasteiger partial charge in [-0.05, 0) is 45.4 Å². The summed E-state index contributed by atoms with van der Waals surface area (Å²) in [5, 5.41) is 25.2. The van der Waals surface area contributed by atoms with Crippen molar-refractivity contribution in [1.29, 1.82) is 0 Å². The first-order valence-electron chi connectivity index (χ1n) is 14.5. The number of methoxy groups -OCH3 is 1. The molecule has 0 rings (SSSR count). The van der Waals surface area contributed by atoms with E-state index in [1.54, 1.807) is 7.11 Å². The fourth-order valence-corrected chi connectivity index (χ4v) is 3.30. The highest BCUT2D eigenvalue weighted by Gasteiger charge is 2.04. The number of alkyl halides is 3. The third kappa shape index (κ3) is 42.2. The Bertz CT molecular complexity index is 422. The van der Waals surface area contributed by atoms with E-state index in [1.807, 2.05) is 6.92 Å². The van der Waals surface area contributed by atoms with Crippen molar-refractivity contribution in [3.63, 3.8) is 0 Å². The lowest BCUT2D eigenvalue weighted by molar-refractivity contribution is 0.141. The highest BCUT2D eigenvalue weighted by Crippen LogP contribution is 2.09. The van der Waals surface area contributed by atoms with Crippen LogP contribution < -0.4 is 0 Å². The Morgan fingerprint density at radius 1 is 0.605 bits per heavy atom. The standard InChI is InChI=1S/C10H21FO2.C10H19FO2.C9H19FO2/c2*1-2-13-8-6-4-3-5-7-10(11)9-12;1-12-7-5-3-2-4-6-9(10)8-11/h10,12H,2-9H2,1H3;2,10,12H,1,3-9H2;9,11H,2-8H2,1H3. The molecule has 6 nitrogen and oxygen atoms in total. The molecule has 0 amide bonds. The van der Waals surface area contributed by atoms with Gasteiger partial charge in [0.05, 0.1) is 32.7 Å². The number of aliphatic hydroxyl groups is 3. The average molecular weight is 561 g/mol. The summed E-state index contributed by atoms with van der Waals surface area (Å²) in [6.45, 7) is 7.47. The minimum Gasteiger partial charge on any atom is -0.502 e. The van der Waals surface area contributed by atoms with Crippen molar-refractivity contribution in [2.24, 2.45) is 0 Å². The first kappa shape index (κ1) is 41.6. The summed E-state index contributed by atoms with van der Waals surface area (Å²) in [6, 6.07) is 0. The molecule has 9 heteroatoms. The predicted molar refractivity (Wildman–Crippen MR) is 150 cm³/mol. The van der Waals surface area contributed by atoms with Gasteiger partial charge in [0.2, 0.25) is 0 Å². The van der Waals surface area contributed by atoms with Crippen LogP contribution in [-0.2, 0) is 14.2 Å². The molecule has 0 aromatic rings. The Balaban J connectivity index is -0.000000484. The highest BCUT2D eigenvalue weighted by atomic mass is 19.1. The molecule has 0 bridgehead atoms. The van der Waals surface area contributed by atoms with Crippen molar-refractivity contribution in [2.45, 2.75) is 122 Å². The Labute approximate surface area is 230 Å². The number of unbranched alkanes of at least 4 members (excludes halogenated alkanes) is 9. The number of hydrogen-bond donors (Lipinski definition) is 3. The molecule has 0 spiro atoms. The van der Waals surface area contributed by atoms with E-state index in [9.17, 15) is 13.2 Å². The van der Waals surface area contributed by atoms with Gasteiger partial charge in [-0.15, -0.1) is 0 Å². The largest absolute Gasteiger partial charge is 0.502 e. The van der Waals surface area contributed by atoms with Gasteiger partial charge >= 0.3 is 0 Å². The van der Waals surface area contributed by atoms with Gasteiger partial charge in [0.1, 0.15) is 18.5 Å². The summed E-state index contributed by atoms with van der Waals surface area (Å²) in [6.07, 6.45) is 11.8. The second-order valence-electron chi connectivity index (χ2n) is 9.18. The van der Waals surface area contributed by atoms with Crippen LogP contribution in [0.2, 0.25) is 0 Å². The van der Waals surface area contributed by atoms with Crippen molar-refractivity contribution in [1.82, 2.24) is 0 Å². The van der Waals surface area contributed by atoms with E-state index in [4.69, 9.17) is 29.5 Å². The van der Waals surface area contributed by atoms with E-state index in [2.05, 4.69) is 6.58 Å². The molecule has 38 heavy (non-hydrogen) atoms. The molecule has 0 heterocycles. The van der Waals surface area contributed by atoms with E-state index >= 15 is 0 Å². The summed E-state index contributed by atoms with van der Waals surface area (Å²) in [5.41, 5.74) is 0. The summed E-state index contributed by atoms with van der Waals surface area (Å²) in [4.78, 5) is 0. The molecule has 0 fully saturated rings. The van der Waals surface area contributed by atoms with Crippen molar-refractivity contribution in [3.8, 4) is 0 Å². The SMILES string of the molecule is C=COCCCCCCC(F)CO.CCOCCCCCCC(F)CO.COCCCCCCC(F)CO. The molecule has 0 aliphatic carbocycles. The molecular weight excluding hydrogens is 501 g/mol. The number of aliphatic hydroxyl groups excluding tert-OH is 3. The van der Waals surface area contributed by atoms with Crippen molar-refractivity contribution in [2.75, 3.05) is 53.4 Å². The quantitative estimate of drug-likeness (QED) is 0.0811. The highest BCUT2D eigenvalue weighted by molar-refractivity contribution is 4.55. The van der Waals surface area contributed by atoms with Gasteiger partial charge in [-0.25, -0.2) is 13.2 Å². The fraction of sp³-hybridized carbons (Fsp3) is 0.931. The van der Waals surface area contributed by atoms with Crippen LogP contribution in [0.3, 0.4) is 0 Å².